The van der Waals surface area contributed by atoms with E-state index in [9.17, 15) is 4.79 Å². The van der Waals surface area contributed by atoms with Crippen molar-refractivity contribution in [3.63, 3.8) is 0 Å². The topological polar surface area (TPSA) is 70.7 Å². The van der Waals surface area contributed by atoms with Crippen molar-refractivity contribution < 1.29 is 4.79 Å². The summed E-state index contributed by atoms with van der Waals surface area (Å²) in [5.74, 6) is 0.684. The maximum absolute atomic E-state index is 11.9. The van der Waals surface area contributed by atoms with Crippen LogP contribution in [0.15, 0.2) is 24.5 Å². The summed E-state index contributed by atoms with van der Waals surface area (Å²) in [6.07, 6.45) is 2.34. The van der Waals surface area contributed by atoms with Crippen LogP contribution >= 0.6 is 23.2 Å². The van der Waals surface area contributed by atoms with Crippen molar-refractivity contribution in [2.75, 3.05) is 6.54 Å². The molecule has 0 saturated carbocycles. The number of hydrogen-bond acceptors (Lipinski definition) is 3. The number of carbonyl (C=O) groups is 1. The Kier molecular flexibility index (Phi) is 5.42. The Bertz CT molecular complexity index is 641. The molecular formula is C15H18Cl2N4O. The molecule has 2 rings (SSSR count). The minimum atomic E-state index is -0.240. The second kappa shape index (κ2) is 7.11. The average molecular weight is 341 g/mol. The molecule has 0 aliphatic rings. The first-order chi connectivity index (χ1) is 10.4. The van der Waals surface area contributed by atoms with Crippen LogP contribution in [-0.4, -0.2) is 27.6 Å². The van der Waals surface area contributed by atoms with Crippen LogP contribution in [0.25, 0.3) is 0 Å². The molecular weight excluding hydrogens is 323 g/mol. The molecule has 22 heavy (non-hydrogen) atoms. The Hall–Kier alpha value is -1.59. The molecule has 1 amide bonds. The molecule has 1 heterocycles. The maximum atomic E-state index is 11.9. The quantitative estimate of drug-likeness (QED) is 0.848. The van der Waals surface area contributed by atoms with Crippen molar-refractivity contribution >= 4 is 29.1 Å². The van der Waals surface area contributed by atoms with Crippen LogP contribution in [0.3, 0.4) is 0 Å². The number of nitrogens with one attached hydrogen (secondary N) is 2. The Morgan fingerprint density at radius 2 is 2.09 bits per heavy atom. The SMILES string of the molecule is CC(C)(CNC(=O)CCc1ncn[nH]1)c1ccc(Cl)c(Cl)c1. The van der Waals surface area contributed by atoms with Crippen LogP contribution in [0.2, 0.25) is 10.0 Å². The highest BCUT2D eigenvalue weighted by molar-refractivity contribution is 6.42. The van der Waals surface area contributed by atoms with E-state index in [1.165, 1.54) is 6.33 Å². The molecule has 0 unspecified atom stereocenters. The molecule has 7 heteroatoms. The van der Waals surface area contributed by atoms with E-state index in [4.69, 9.17) is 23.2 Å². The largest absolute Gasteiger partial charge is 0.355 e. The molecule has 118 valence electrons. The number of aromatic nitrogens is 3. The van der Waals surface area contributed by atoms with Gasteiger partial charge in [-0.15, -0.1) is 0 Å². The van der Waals surface area contributed by atoms with Crippen LogP contribution in [0, 0.1) is 0 Å². The minimum Gasteiger partial charge on any atom is -0.355 e. The van der Waals surface area contributed by atoms with E-state index < -0.39 is 0 Å². The highest BCUT2D eigenvalue weighted by atomic mass is 35.5. The second-order valence-electron chi connectivity index (χ2n) is 5.72. The van der Waals surface area contributed by atoms with Crippen LogP contribution in [0.4, 0.5) is 0 Å². The lowest BCUT2D eigenvalue weighted by Crippen LogP contribution is -2.36. The van der Waals surface area contributed by atoms with Crippen LogP contribution in [-0.2, 0) is 16.6 Å². The van der Waals surface area contributed by atoms with Crippen molar-refractivity contribution in [2.24, 2.45) is 0 Å². The van der Waals surface area contributed by atoms with Gasteiger partial charge in [0.15, 0.2) is 0 Å². The predicted molar refractivity (Wildman–Crippen MR) is 87.2 cm³/mol. The van der Waals surface area contributed by atoms with Gasteiger partial charge in [0, 0.05) is 24.8 Å². The van der Waals surface area contributed by atoms with Crippen LogP contribution in [0.5, 0.6) is 0 Å². The van der Waals surface area contributed by atoms with Crippen molar-refractivity contribution in [1.82, 2.24) is 20.5 Å². The molecule has 5 nitrogen and oxygen atoms in total. The molecule has 0 saturated heterocycles. The van der Waals surface area contributed by atoms with Crippen molar-refractivity contribution in [1.29, 1.82) is 0 Å². The standard InChI is InChI=1S/C15H18Cl2N4O/c1-15(2,10-3-4-11(16)12(17)7-10)8-18-14(22)6-5-13-19-9-20-21-13/h3-4,7,9H,5-6,8H2,1-2H3,(H,18,22)(H,19,20,21). The Labute approximate surface area is 139 Å². The minimum absolute atomic E-state index is 0.0236. The van der Waals surface area contributed by atoms with E-state index in [0.717, 1.165) is 5.56 Å². The molecule has 0 aliphatic carbocycles. The number of H-pyrrole nitrogens is 1. The van der Waals surface area contributed by atoms with Gasteiger partial charge in [0.1, 0.15) is 12.2 Å². The summed E-state index contributed by atoms with van der Waals surface area (Å²) >= 11 is 12.0. The van der Waals surface area contributed by atoms with Gasteiger partial charge in [0.2, 0.25) is 5.91 Å². The van der Waals surface area contributed by atoms with E-state index in [1.807, 2.05) is 26.0 Å². The van der Waals surface area contributed by atoms with E-state index in [0.29, 0.717) is 35.3 Å². The molecule has 0 fully saturated rings. The molecule has 0 bridgehead atoms. The number of aromatic amines is 1. The Morgan fingerprint density at radius 1 is 1.32 bits per heavy atom. The zero-order valence-corrected chi connectivity index (χ0v) is 14.0. The second-order valence-corrected chi connectivity index (χ2v) is 6.54. The third-order valence-corrected chi connectivity index (χ3v) is 4.22. The van der Waals surface area contributed by atoms with Gasteiger partial charge in [0.25, 0.3) is 0 Å². The smallest absolute Gasteiger partial charge is 0.220 e. The molecule has 2 aromatic rings. The average Bonchev–Trinajstić information content (AvgIpc) is 2.99. The summed E-state index contributed by atoms with van der Waals surface area (Å²) in [7, 11) is 0. The molecule has 0 radical (unpaired) electrons. The van der Waals surface area contributed by atoms with Gasteiger partial charge >= 0.3 is 0 Å². The van der Waals surface area contributed by atoms with Crippen molar-refractivity contribution in [2.45, 2.75) is 32.1 Å². The fourth-order valence-corrected chi connectivity index (χ4v) is 2.31. The summed E-state index contributed by atoms with van der Waals surface area (Å²) in [5.41, 5.74) is 0.785. The van der Waals surface area contributed by atoms with Gasteiger partial charge in [-0.2, -0.15) is 5.10 Å². The lowest BCUT2D eigenvalue weighted by atomic mass is 9.84. The third kappa shape index (κ3) is 4.45. The third-order valence-electron chi connectivity index (χ3n) is 3.48. The number of carbonyl (C=O) groups excluding carboxylic acids is 1. The number of hydrogen-bond donors (Lipinski definition) is 2. The molecule has 2 N–H and O–H groups in total. The highest BCUT2D eigenvalue weighted by Gasteiger charge is 2.22. The summed E-state index contributed by atoms with van der Waals surface area (Å²) in [5, 5.41) is 10.5. The number of benzene rings is 1. The highest BCUT2D eigenvalue weighted by Crippen LogP contribution is 2.29. The van der Waals surface area contributed by atoms with E-state index in [1.54, 1.807) is 6.07 Å². The number of halogens is 2. The first-order valence-electron chi connectivity index (χ1n) is 6.95. The summed E-state index contributed by atoms with van der Waals surface area (Å²) in [4.78, 5) is 15.9. The monoisotopic (exact) mass is 340 g/mol. The van der Waals surface area contributed by atoms with Crippen molar-refractivity contribution in [3.8, 4) is 0 Å². The maximum Gasteiger partial charge on any atom is 0.220 e. The van der Waals surface area contributed by atoms with E-state index in [2.05, 4.69) is 20.5 Å². The first kappa shape index (κ1) is 16.8. The molecule has 0 atom stereocenters. The number of amides is 1. The van der Waals surface area contributed by atoms with E-state index in [-0.39, 0.29) is 11.3 Å². The molecule has 0 aliphatic heterocycles. The fraction of sp³-hybridized carbons (Fsp3) is 0.400. The fourth-order valence-electron chi connectivity index (χ4n) is 2.01. The number of aryl methyl sites for hydroxylation is 1. The van der Waals surface area contributed by atoms with Gasteiger partial charge in [0.05, 0.1) is 10.0 Å². The zero-order valence-electron chi connectivity index (χ0n) is 12.5. The van der Waals surface area contributed by atoms with Crippen molar-refractivity contribution in [3.05, 3.63) is 46.0 Å². The lowest BCUT2D eigenvalue weighted by molar-refractivity contribution is -0.121. The number of rotatable bonds is 6. The summed E-state index contributed by atoms with van der Waals surface area (Å²) in [6.45, 7) is 4.60. The molecule has 0 spiro atoms. The van der Waals surface area contributed by atoms with Gasteiger partial charge in [-0.25, -0.2) is 4.98 Å². The lowest BCUT2D eigenvalue weighted by Gasteiger charge is -2.26. The van der Waals surface area contributed by atoms with E-state index >= 15 is 0 Å². The normalized spacial score (nSPS) is 11.5. The Balaban J connectivity index is 1.88. The molecule has 1 aromatic carbocycles. The zero-order chi connectivity index (χ0) is 16.2. The van der Waals surface area contributed by atoms with Gasteiger partial charge in [-0.05, 0) is 17.7 Å². The molecule has 1 aromatic heterocycles. The summed E-state index contributed by atoms with van der Waals surface area (Å²) < 4.78 is 0. The van der Waals surface area contributed by atoms with Gasteiger partial charge in [-0.3, -0.25) is 9.89 Å². The number of nitrogens with zero attached hydrogens (tertiary/aromatic N) is 2. The summed E-state index contributed by atoms with van der Waals surface area (Å²) in [6, 6.07) is 5.53. The van der Waals surface area contributed by atoms with Crippen LogP contribution in [0.1, 0.15) is 31.7 Å². The van der Waals surface area contributed by atoms with Crippen LogP contribution < -0.4 is 5.32 Å². The van der Waals surface area contributed by atoms with Gasteiger partial charge < -0.3 is 5.32 Å². The Morgan fingerprint density at radius 3 is 2.73 bits per heavy atom. The predicted octanol–water partition coefficient (Wildman–Crippen LogP) is 3.14. The first-order valence-corrected chi connectivity index (χ1v) is 7.70. The van der Waals surface area contributed by atoms with Gasteiger partial charge in [-0.1, -0.05) is 43.1 Å².